The maximum absolute atomic E-state index is 11.0. The van der Waals surface area contributed by atoms with Crippen molar-refractivity contribution in [2.24, 2.45) is 0 Å². The normalized spacial score (nSPS) is 10.7. The van der Waals surface area contributed by atoms with Crippen LogP contribution >= 0.6 is 22.9 Å². The molecule has 2 aromatic carbocycles. The third-order valence-electron chi connectivity index (χ3n) is 2.99. The van der Waals surface area contributed by atoms with E-state index in [1.165, 1.54) is 0 Å². The van der Waals surface area contributed by atoms with E-state index in [1.807, 2.05) is 24.3 Å². The number of carboxylic acids is 1. The number of carboxylic acid groups (broad SMARTS) is 1. The fraction of sp³-hybridized carbons (Fsp3) is 0.0625. The molecule has 0 amide bonds. The monoisotopic (exact) mass is 318 g/mol. The number of ether oxygens (including phenoxy) is 1. The van der Waals surface area contributed by atoms with Gasteiger partial charge in [0, 0.05) is 14.6 Å². The molecule has 0 spiro atoms. The van der Waals surface area contributed by atoms with Crippen LogP contribution in [-0.4, -0.2) is 11.1 Å². The third-order valence-corrected chi connectivity index (χ3v) is 4.32. The quantitative estimate of drug-likeness (QED) is 0.749. The highest BCUT2D eigenvalue weighted by Crippen LogP contribution is 2.28. The van der Waals surface area contributed by atoms with Crippen LogP contribution in [0.4, 0.5) is 0 Å². The first-order valence-corrected chi connectivity index (χ1v) is 7.45. The van der Waals surface area contributed by atoms with Crippen LogP contribution in [0.15, 0.2) is 48.5 Å². The Bertz CT molecular complexity index is 810. The molecule has 0 aliphatic heterocycles. The Labute approximate surface area is 130 Å². The predicted molar refractivity (Wildman–Crippen MR) is 84.6 cm³/mol. The SMILES string of the molecule is O=C(O)c1ccc2sc(COc3cccc(Cl)c3)cc2c1. The highest BCUT2D eigenvalue weighted by Gasteiger charge is 2.07. The zero-order valence-corrected chi connectivity index (χ0v) is 12.4. The minimum absolute atomic E-state index is 0.294. The van der Waals surface area contributed by atoms with E-state index in [2.05, 4.69) is 0 Å². The second-order valence-corrected chi connectivity index (χ2v) is 6.12. The van der Waals surface area contributed by atoms with E-state index in [1.54, 1.807) is 35.6 Å². The number of rotatable bonds is 4. The largest absolute Gasteiger partial charge is 0.488 e. The molecule has 3 nitrogen and oxygen atoms in total. The van der Waals surface area contributed by atoms with Crippen molar-refractivity contribution in [2.45, 2.75) is 6.61 Å². The van der Waals surface area contributed by atoms with Crippen molar-refractivity contribution < 1.29 is 14.6 Å². The first-order chi connectivity index (χ1) is 10.1. The summed E-state index contributed by atoms with van der Waals surface area (Å²) in [4.78, 5) is 12.0. The highest BCUT2D eigenvalue weighted by molar-refractivity contribution is 7.19. The van der Waals surface area contributed by atoms with Crippen molar-refractivity contribution in [1.82, 2.24) is 0 Å². The molecule has 0 saturated heterocycles. The molecule has 0 aliphatic rings. The van der Waals surface area contributed by atoms with Crippen molar-refractivity contribution >= 4 is 39.0 Å². The number of halogens is 1. The molecular weight excluding hydrogens is 308 g/mol. The average Bonchev–Trinajstić information content (AvgIpc) is 2.87. The molecule has 1 aromatic heterocycles. The van der Waals surface area contributed by atoms with Gasteiger partial charge in [-0.25, -0.2) is 4.79 Å². The highest BCUT2D eigenvalue weighted by atomic mass is 35.5. The van der Waals surface area contributed by atoms with Gasteiger partial charge in [-0.1, -0.05) is 17.7 Å². The topological polar surface area (TPSA) is 46.5 Å². The second-order valence-electron chi connectivity index (χ2n) is 4.52. The Balaban J connectivity index is 1.80. The molecular formula is C16H11ClO3S. The van der Waals surface area contributed by atoms with Crippen molar-refractivity contribution in [3.05, 3.63) is 64.0 Å². The summed E-state index contributed by atoms with van der Waals surface area (Å²) >= 11 is 7.50. The van der Waals surface area contributed by atoms with Crippen LogP contribution in [0.1, 0.15) is 15.2 Å². The predicted octanol–water partition coefficient (Wildman–Crippen LogP) is 4.83. The summed E-state index contributed by atoms with van der Waals surface area (Å²) in [6.45, 7) is 0.433. The number of thiophene rings is 1. The summed E-state index contributed by atoms with van der Waals surface area (Å²) in [6.07, 6.45) is 0. The molecule has 0 bridgehead atoms. The van der Waals surface area contributed by atoms with Gasteiger partial charge in [0.15, 0.2) is 0 Å². The molecule has 3 aromatic rings. The van der Waals surface area contributed by atoms with Gasteiger partial charge in [-0.2, -0.15) is 0 Å². The van der Waals surface area contributed by atoms with Gasteiger partial charge in [-0.3, -0.25) is 0 Å². The van der Waals surface area contributed by atoms with Gasteiger partial charge in [0.25, 0.3) is 0 Å². The van der Waals surface area contributed by atoms with Crippen LogP contribution in [0, 0.1) is 0 Å². The number of hydrogen-bond donors (Lipinski definition) is 1. The van der Waals surface area contributed by atoms with Gasteiger partial charge in [0.1, 0.15) is 12.4 Å². The van der Waals surface area contributed by atoms with E-state index < -0.39 is 5.97 Å². The van der Waals surface area contributed by atoms with E-state index in [0.717, 1.165) is 15.0 Å². The zero-order valence-electron chi connectivity index (χ0n) is 10.9. The van der Waals surface area contributed by atoms with Crippen LogP contribution in [0.25, 0.3) is 10.1 Å². The number of carbonyl (C=O) groups is 1. The first-order valence-electron chi connectivity index (χ1n) is 6.26. The minimum Gasteiger partial charge on any atom is -0.488 e. The van der Waals surface area contributed by atoms with Crippen LogP contribution in [-0.2, 0) is 6.61 Å². The van der Waals surface area contributed by atoms with E-state index in [9.17, 15) is 4.79 Å². The number of fused-ring (bicyclic) bond motifs is 1. The molecule has 0 unspecified atom stereocenters. The van der Waals surface area contributed by atoms with Gasteiger partial charge in [-0.05, 0) is 47.9 Å². The smallest absolute Gasteiger partial charge is 0.335 e. The number of benzene rings is 2. The first kappa shape index (κ1) is 13.9. The Morgan fingerprint density at radius 1 is 1.19 bits per heavy atom. The molecule has 21 heavy (non-hydrogen) atoms. The standard InChI is InChI=1S/C16H11ClO3S/c17-12-2-1-3-13(8-12)20-9-14-7-11-6-10(16(18)19)4-5-15(11)21-14/h1-8H,9H2,(H,18,19). The maximum Gasteiger partial charge on any atom is 0.335 e. The molecule has 0 radical (unpaired) electrons. The molecule has 3 rings (SSSR count). The number of hydrogen-bond acceptors (Lipinski definition) is 3. The minimum atomic E-state index is -0.917. The molecule has 0 saturated carbocycles. The van der Waals surface area contributed by atoms with E-state index in [4.69, 9.17) is 21.4 Å². The van der Waals surface area contributed by atoms with Crippen molar-refractivity contribution in [3.8, 4) is 5.75 Å². The molecule has 0 atom stereocenters. The maximum atomic E-state index is 11.0. The van der Waals surface area contributed by atoms with Crippen LogP contribution in [0.2, 0.25) is 5.02 Å². The van der Waals surface area contributed by atoms with Gasteiger partial charge < -0.3 is 9.84 Å². The lowest BCUT2D eigenvalue weighted by Crippen LogP contribution is -1.94. The Morgan fingerprint density at radius 2 is 2.05 bits per heavy atom. The van der Waals surface area contributed by atoms with Crippen molar-refractivity contribution in [2.75, 3.05) is 0 Å². The summed E-state index contributed by atoms with van der Waals surface area (Å²) in [7, 11) is 0. The van der Waals surface area contributed by atoms with E-state index >= 15 is 0 Å². The fourth-order valence-electron chi connectivity index (χ4n) is 2.01. The molecule has 1 N–H and O–H groups in total. The Morgan fingerprint density at radius 3 is 2.81 bits per heavy atom. The lowest BCUT2D eigenvalue weighted by atomic mass is 10.1. The molecule has 1 heterocycles. The van der Waals surface area contributed by atoms with Crippen LogP contribution in [0.5, 0.6) is 5.75 Å². The molecule has 106 valence electrons. The summed E-state index contributed by atoms with van der Waals surface area (Å²) < 4.78 is 6.74. The van der Waals surface area contributed by atoms with Crippen molar-refractivity contribution in [3.63, 3.8) is 0 Å². The fourth-order valence-corrected chi connectivity index (χ4v) is 3.15. The Kier molecular flexibility index (Phi) is 3.82. The third kappa shape index (κ3) is 3.17. The summed E-state index contributed by atoms with van der Waals surface area (Å²) in [5, 5.41) is 10.6. The molecule has 0 fully saturated rings. The van der Waals surface area contributed by atoms with Gasteiger partial charge in [0.2, 0.25) is 0 Å². The van der Waals surface area contributed by atoms with Crippen LogP contribution < -0.4 is 4.74 Å². The summed E-state index contributed by atoms with van der Waals surface area (Å²) in [5.74, 6) is -0.203. The van der Waals surface area contributed by atoms with Gasteiger partial charge in [-0.15, -0.1) is 11.3 Å². The second kappa shape index (κ2) is 5.76. The Hall–Kier alpha value is -2.04. The summed E-state index contributed by atoms with van der Waals surface area (Å²) in [6, 6.07) is 14.3. The van der Waals surface area contributed by atoms with Gasteiger partial charge in [0.05, 0.1) is 5.56 Å². The lowest BCUT2D eigenvalue weighted by Gasteiger charge is -2.04. The number of aromatic carboxylic acids is 1. The molecule has 0 aliphatic carbocycles. The lowest BCUT2D eigenvalue weighted by molar-refractivity contribution is 0.0697. The molecule has 5 heteroatoms. The van der Waals surface area contributed by atoms with Crippen LogP contribution in [0.3, 0.4) is 0 Å². The average molecular weight is 319 g/mol. The van der Waals surface area contributed by atoms with E-state index in [-0.39, 0.29) is 0 Å². The zero-order chi connectivity index (χ0) is 14.8. The van der Waals surface area contributed by atoms with Gasteiger partial charge >= 0.3 is 5.97 Å². The van der Waals surface area contributed by atoms with E-state index in [0.29, 0.717) is 22.9 Å². The summed E-state index contributed by atoms with van der Waals surface area (Å²) in [5.41, 5.74) is 0.294. The van der Waals surface area contributed by atoms with Crippen molar-refractivity contribution in [1.29, 1.82) is 0 Å².